The molecule has 0 heterocycles. The highest BCUT2D eigenvalue weighted by molar-refractivity contribution is 5.90. The first kappa shape index (κ1) is 24.3. The summed E-state index contributed by atoms with van der Waals surface area (Å²) in [6, 6.07) is 0. The van der Waals surface area contributed by atoms with E-state index in [2.05, 4.69) is 6.92 Å². The van der Waals surface area contributed by atoms with E-state index in [1.54, 1.807) is 0 Å². The molecule has 0 saturated carbocycles. The Morgan fingerprint density at radius 2 is 1.69 bits per heavy atom. The Morgan fingerprint density at radius 1 is 1.12 bits per heavy atom. The van der Waals surface area contributed by atoms with Crippen molar-refractivity contribution in [2.45, 2.75) is 77.7 Å². The monoisotopic (exact) mass is 370 g/mol. The molecular formula is C20H34O6. The molecule has 26 heavy (non-hydrogen) atoms. The number of unbranched alkanes of at least 4 members (excludes halogenated alkanes) is 6. The van der Waals surface area contributed by atoms with Crippen LogP contribution in [0.25, 0.3) is 0 Å². The quantitative estimate of drug-likeness (QED) is 0.414. The predicted molar refractivity (Wildman–Crippen MR) is 101 cm³/mol. The van der Waals surface area contributed by atoms with Crippen LogP contribution < -0.4 is 0 Å². The van der Waals surface area contributed by atoms with Crippen molar-refractivity contribution < 1.29 is 30.0 Å². The molecular weight excluding hydrogens is 336 g/mol. The van der Waals surface area contributed by atoms with Crippen LogP contribution in [0, 0.1) is 5.41 Å². The SMILES string of the molecule is CC1(C(=O)O)C=CC=C(C(=O)O)C1.CCCCCCCCCC(O)CO. The molecule has 2 unspecified atom stereocenters. The molecule has 2 atom stereocenters. The highest BCUT2D eigenvalue weighted by Crippen LogP contribution is 2.31. The highest BCUT2D eigenvalue weighted by Gasteiger charge is 2.34. The summed E-state index contributed by atoms with van der Waals surface area (Å²) in [5.41, 5.74) is -0.949. The lowest BCUT2D eigenvalue weighted by Gasteiger charge is -2.23. The summed E-state index contributed by atoms with van der Waals surface area (Å²) in [6.07, 6.45) is 13.5. The van der Waals surface area contributed by atoms with Gasteiger partial charge in [0.25, 0.3) is 0 Å². The molecule has 0 spiro atoms. The number of carboxylic acids is 2. The van der Waals surface area contributed by atoms with Gasteiger partial charge in [0.05, 0.1) is 18.1 Å². The standard InChI is InChI=1S/C11H24O2.C9H10O4/c1-2-3-4-5-6-7-8-9-11(13)10-12;1-9(8(12)13)4-2-3-6(5-9)7(10)11/h11-13H,2-10H2,1H3;2-4H,5H2,1H3,(H,10,11)(H,12,13). The van der Waals surface area contributed by atoms with Crippen LogP contribution in [-0.4, -0.2) is 45.1 Å². The van der Waals surface area contributed by atoms with Crippen LogP contribution in [0.2, 0.25) is 0 Å². The van der Waals surface area contributed by atoms with Crippen molar-refractivity contribution in [2.75, 3.05) is 6.61 Å². The maximum absolute atomic E-state index is 10.8. The van der Waals surface area contributed by atoms with Crippen LogP contribution >= 0.6 is 0 Å². The summed E-state index contributed by atoms with van der Waals surface area (Å²) < 4.78 is 0. The lowest BCUT2D eigenvalue weighted by molar-refractivity contribution is -0.145. The average Bonchev–Trinajstić information content (AvgIpc) is 2.61. The fourth-order valence-electron chi connectivity index (χ4n) is 2.61. The van der Waals surface area contributed by atoms with Crippen molar-refractivity contribution in [2.24, 2.45) is 5.41 Å². The normalized spacial score (nSPS) is 19.9. The number of hydrogen-bond acceptors (Lipinski definition) is 4. The zero-order chi connectivity index (χ0) is 20.0. The fraction of sp³-hybridized carbons (Fsp3) is 0.700. The van der Waals surface area contributed by atoms with Gasteiger partial charge in [-0.2, -0.15) is 0 Å². The number of aliphatic hydroxyl groups excluding tert-OH is 2. The third-order valence-electron chi connectivity index (χ3n) is 4.43. The number of allylic oxidation sites excluding steroid dienone is 2. The lowest BCUT2D eigenvalue weighted by Crippen LogP contribution is -2.28. The van der Waals surface area contributed by atoms with E-state index in [1.807, 2.05) is 0 Å². The Kier molecular flexibility index (Phi) is 12.7. The summed E-state index contributed by atoms with van der Waals surface area (Å²) in [4.78, 5) is 21.3. The predicted octanol–water partition coefficient (Wildman–Crippen LogP) is 3.53. The molecule has 0 aromatic heterocycles. The first-order chi connectivity index (χ1) is 12.3. The average molecular weight is 370 g/mol. The van der Waals surface area contributed by atoms with E-state index in [4.69, 9.17) is 20.4 Å². The Hall–Kier alpha value is -1.66. The number of aliphatic carboxylic acids is 2. The van der Waals surface area contributed by atoms with Crippen LogP contribution in [-0.2, 0) is 9.59 Å². The van der Waals surface area contributed by atoms with E-state index in [9.17, 15) is 9.59 Å². The third kappa shape index (κ3) is 10.4. The third-order valence-corrected chi connectivity index (χ3v) is 4.43. The second kappa shape index (κ2) is 13.5. The maximum Gasteiger partial charge on any atom is 0.331 e. The number of carboxylic acid groups (broad SMARTS) is 2. The van der Waals surface area contributed by atoms with Crippen molar-refractivity contribution >= 4 is 11.9 Å². The number of rotatable bonds is 11. The van der Waals surface area contributed by atoms with Crippen molar-refractivity contribution in [3.8, 4) is 0 Å². The first-order valence-electron chi connectivity index (χ1n) is 9.40. The van der Waals surface area contributed by atoms with Crippen LogP contribution in [0.1, 0.15) is 71.6 Å². The summed E-state index contributed by atoms with van der Waals surface area (Å²) in [5.74, 6) is -2.06. The molecule has 1 rings (SSSR count). The van der Waals surface area contributed by atoms with Gasteiger partial charge in [-0.1, -0.05) is 70.1 Å². The molecule has 0 aromatic rings. The molecule has 6 heteroatoms. The second-order valence-corrected chi connectivity index (χ2v) is 7.00. The van der Waals surface area contributed by atoms with Crippen molar-refractivity contribution in [1.29, 1.82) is 0 Å². The number of hydrogen-bond donors (Lipinski definition) is 4. The van der Waals surface area contributed by atoms with Crippen molar-refractivity contribution in [3.05, 3.63) is 23.8 Å². The van der Waals surface area contributed by atoms with E-state index < -0.39 is 23.5 Å². The molecule has 6 nitrogen and oxygen atoms in total. The van der Waals surface area contributed by atoms with Gasteiger partial charge in [-0.25, -0.2) is 4.79 Å². The molecule has 0 saturated heterocycles. The van der Waals surface area contributed by atoms with Gasteiger partial charge in [-0.05, 0) is 19.8 Å². The van der Waals surface area contributed by atoms with E-state index in [0.717, 1.165) is 12.8 Å². The van der Waals surface area contributed by atoms with Crippen LogP contribution in [0.5, 0.6) is 0 Å². The Morgan fingerprint density at radius 3 is 2.19 bits per heavy atom. The molecule has 0 radical (unpaired) electrons. The van der Waals surface area contributed by atoms with E-state index in [0.29, 0.717) is 0 Å². The Bertz CT molecular complexity index is 483. The molecule has 0 amide bonds. The molecule has 0 aliphatic heterocycles. The van der Waals surface area contributed by atoms with Crippen molar-refractivity contribution in [3.63, 3.8) is 0 Å². The van der Waals surface area contributed by atoms with Gasteiger partial charge < -0.3 is 20.4 Å². The summed E-state index contributed by atoms with van der Waals surface area (Å²) in [7, 11) is 0. The van der Waals surface area contributed by atoms with Gasteiger partial charge in [-0.3, -0.25) is 4.79 Å². The van der Waals surface area contributed by atoms with E-state index in [-0.39, 0.29) is 18.6 Å². The van der Waals surface area contributed by atoms with Gasteiger partial charge in [0, 0.05) is 5.57 Å². The first-order valence-corrected chi connectivity index (χ1v) is 9.40. The maximum atomic E-state index is 10.8. The Labute approximate surface area is 156 Å². The number of carbonyl (C=O) groups is 2. The molecule has 4 N–H and O–H groups in total. The molecule has 0 fully saturated rings. The Balaban J connectivity index is 0.000000481. The molecule has 0 aromatic carbocycles. The van der Waals surface area contributed by atoms with Gasteiger partial charge in [0.1, 0.15) is 0 Å². The minimum absolute atomic E-state index is 0.0359. The topological polar surface area (TPSA) is 115 Å². The van der Waals surface area contributed by atoms with E-state index in [1.165, 1.54) is 63.7 Å². The minimum atomic E-state index is -1.08. The van der Waals surface area contributed by atoms with Crippen LogP contribution in [0.4, 0.5) is 0 Å². The fourth-order valence-corrected chi connectivity index (χ4v) is 2.61. The van der Waals surface area contributed by atoms with Crippen LogP contribution in [0.3, 0.4) is 0 Å². The van der Waals surface area contributed by atoms with Gasteiger partial charge >= 0.3 is 11.9 Å². The van der Waals surface area contributed by atoms with Gasteiger partial charge in [0.2, 0.25) is 0 Å². The summed E-state index contributed by atoms with van der Waals surface area (Å²) >= 11 is 0. The zero-order valence-electron chi connectivity index (χ0n) is 16.0. The molecule has 150 valence electrons. The smallest absolute Gasteiger partial charge is 0.331 e. The largest absolute Gasteiger partial charge is 0.481 e. The van der Waals surface area contributed by atoms with Gasteiger partial charge in [-0.15, -0.1) is 0 Å². The lowest BCUT2D eigenvalue weighted by atomic mass is 9.80. The van der Waals surface area contributed by atoms with Gasteiger partial charge in [0.15, 0.2) is 0 Å². The number of aliphatic hydroxyl groups is 2. The van der Waals surface area contributed by atoms with Crippen molar-refractivity contribution in [1.82, 2.24) is 0 Å². The summed E-state index contributed by atoms with van der Waals surface area (Å²) in [5, 5.41) is 35.1. The molecule has 0 bridgehead atoms. The highest BCUT2D eigenvalue weighted by atomic mass is 16.4. The van der Waals surface area contributed by atoms with Crippen LogP contribution in [0.15, 0.2) is 23.8 Å². The summed E-state index contributed by atoms with van der Waals surface area (Å²) in [6.45, 7) is 3.63. The molecule has 1 aliphatic carbocycles. The van der Waals surface area contributed by atoms with E-state index >= 15 is 0 Å². The minimum Gasteiger partial charge on any atom is -0.481 e. The zero-order valence-corrected chi connectivity index (χ0v) is 16.0. The second-order valence-electron chi connectivity index (χ2n) is 7.00. The molecule has 1 aliphatic rings.